The standard InChI is InChI=1S/C21H21F3N6O2S/c1-11(15-10-33-19(27-15)25-8-9-32-4)29-20(21(22,23)24)13(3)26-18-28-17-14(12(2)31)6-5-7-16(17)30(18)20/h5-7,10,29H,1,3,8-9H2,2,4H3,(H,25,27)(H,26,28). The number of nitrogens with zero attached hydrogens (tertiary/aromatic N) is 3. The summed E-state index contributed by atoms with van der Waals surface area (Å²) in [5, 5.41) is 10.3. The zero-order valence-corrected chi connectivity index (χ0v) is 18.7. The van der Waals surface area contributed by atoms with E-state index in [1.165, 1.54) is 36.5 Å². The number of anilines is 2. The zero-order chi connectivity index (χ0) is 24.0. The number of thiazole rings is 1. The van der Waals surface area contributed by atoms with Gasteiger partial charge in [-0.3, -0.25) is 9.36 Å². The fraction of sp³-hybridized carbons (Fsp3) is 0.286. The Morgan fingerprint density at radius 1 is 1.36 bits per heavy atom. The number of benzene rings is 1. The molecule has 174 valence electrons. The summed E-state index contributed by atoms with van der Waals surface area (Å²) in [4.78, 5) is 20.6. The minimum atomic E-state index is -4.85. The maximum atomic E-state index is 14.7. The van der Waals surface area contributed by atoms with Crippen LogP contribution in [0.1, 0.15) is 23.0 Å². The molecule has 1 unspecified atom stereocenters. The van der Waals surface area contributed by atoms with Crippen molar-refractivity contribution >= 4 is 44.9 Å². The molecule has 3 aromatic rings. The Labute approximate surface area is 191 Å². The van der Waals surface area contributed by atoms with Crippen LogP contribution in [-0.4, -0.2) is 46.8 Å². The lowest BCUT2D eigenvalue weighted by molar-refractivity contribution is -0.203. The van der Waals surface area contributed by atoms with Crippen LogP contribution in [0.3, 0.4) is 0 Å². The van der Waals surface area contributed by atoms with Gasteiger partial charge in [-0.2, -0.15) is 13.2 Å². The largest absolute Gasteiger partial charge is 0.436 e. The van der Waals surface area contributed by atoms with Crippen molar-refractivity contribution in [3.05, 3.63) is 53.7 Å². The minimum absolute atomic E-state index is 0.0521. The van der Waals surface area contributed by atoms with Crippen LogP contribution >= 0.6 is 11.3 Å². The first kappa shape index (κ1) is 22.8. The van der Waals surface area contributed by atoms with Crippen molar-refractivity contribution in [3.63, 3.8) is 0 Å². The van der Waals surface area contributed by atoms with Crippen molar-refractivity contribution in [3.8, 4) is 0 Å². The van der Waals surface area contributed by atoms with Gasteiger partial charge in [0.2, 0.25) is 5.95 Å². The molecule has 2 aromatic heterocycles. The molecule has 0 saturated carbocycles. The first-order valence-electron chi connectivity index (χ1n) is 9.82. The lowest BCUT2D eigenvalue weighted by Crippen LogP contribution is -2.56. The molecule has 1 aromatic carbocycles. The predicted octanol–water partition coefficient (Wildman–Crippen LogP) is 4.17. The Hall–Kier alpha value is -3.38. The topological polar surface area (TPSA) is 93.1 Å². The monoisotopic (exact) mass is 478 g/mol. The third kappa shape index (κ3) is 3.64. The number of carbonyl (C=O) groups excluding carboxylic acids is 1. The van der Waals surface area contributed by atoms with Gasteiger partial charge in [0.05, 0.1) is 29.2 Å². The molecule has 1 aliphatic rings. The maximum Gasteiger partial charge on any atom is 0.436 e. The number of aromatic nitrogens is 3. The molecule has 1 aliphatic heterocycles. The summed E-state index contributed by atoms with van der Waals surface area (Å²) < 4.78 is 50.1. The second-order valence-corrected chi connectivity index (χ2v) is 8.23. The van der Waals surface area contributed by atoms with Crippen molar-refractivity contribution in [1.82, 2.24) is 19.9 Å². The second-order valence-electron chi connectivity index (χ2n) is 7.37. The van der Waals surface area contributed by atoms with Crippen molar-refractivity contribution in [2.24, 2.45) is 0 Å². The van der Waals surface area contributed by atoms with Crippen LogP contribution in [0.4, 0.5) is 24.3 Å². The number of Topliss-reactive ketones (excluding diaryl/α,β-unsaturated/α-hetero) is 1. The molecular weight excluding hydrogens is 457 g/mol. The maximum absolute atomic E-state index is 14.7. The number of imidazole rings is 1. The van der Waals surface area contributed by atoms with E-state index in [2.05, 4.69) is 39.1 Å². The fourth-order valence-electron chi connectivity index (χ4n) is 3.70. The third-order valence-electron chi connectivity index (χ3n) is 5.24. The zero-order valence-electron chi connectivity index (χ0n) is 17.8. The van der Waals surface area contributed by atoms with E-state index in [0.717, 1.165) is 4.57 Å². The number of rotatable bonds is 8. The van der Waals surface area contributed by atoms with Gasteiger partial charge in [-0.05, 0) is 19.1 Å². The van der Waals surface area contributed by atoms with Crippen LogP contribution in [0.2, 0.25) is 0 Å². The Morgan fingerprint density at radius 3 is 2.79 bits per heavy atom. The van der Waals surface area contributed by atoms with Crippen molar-refractivity contribution in [2.75, 3.05) is 30.9 Å². The summed E-state index contributed by atoms with van der Waals surface area (Å²) in [5.41, 5.74) is -2.45. The molecule has 0 fully saturated rings. The van der Waals surface area contributed by atoms with Gasteiger partial charge in [-0.1, -0.05) is 19.2 Å². The summed E-state index contributed by atoms with van der Waals surface area (Å²) in [5.74, 6) is -0.385. The number of carbonyl (C=O) groups is 1. The summed E-state index contributed by atoms with van der Waals surface area (Å²) in [7, 11) is 1.56. The van der Waals surface area contributed by atoms with Crippen LogP contribution in [-0.2, 0) is 10.4 Å². The molecule has 0 amide bonds. The molecule has 12 heteroatoms. The molecule has 0 bridgehead atoms. The van der Waals surface area contributed by atoms with E-state index in [9.17, 15) is 18.0 Å². The lowest BCUT2D eigenvalue weighted by atomic mass is 10.0. The van der Waals surface area contributed by atoms with Gasteiger partial charge in [0.25, 0.3) is 5.66 Å². The van der Waals surface area contributed by atoms with Gasteiger partial charge in [-0.15, -0.1) is 11.3 Å². The van der Waals surface area contributed by atoms with Gasteiger partial charge in [0.15, 0.2) is 10.9 Å². The summed E-state index contributed by atoms with van der Waals surface area (Å²) in [6, 6.07) is 4.52. The number of nitrogens with one attached hydrogen (secondary N) is 3. The van der Waals surface area contributed by atoms with E-state index in [1.807, 2.05) is 0 Å². The van der Waals surface area contributed by atoms with Crippen molar-refractivity contribution in [1.29, 1.82) is 0 Å². The van der Waals surface area contributed by atoms with Crippen LogP contribution in [0.5, 0.6) is 0 Å². The van der Waals surface area contributed by atoms with Crippen LogP contribution in [0.25, 0.3) is 16.7 Å². The Morgan fingerprint density at radius 2 is 2.12 bits per heavy atom. The Kier molecular flexibility index (Phi) is 5.66. The summed E-state index contributed by atoms with van der Waals surface area (Å²) in [6.07, 6.45) is -4.85. The number of para-hydroxylation sites is 1. The summed E-state index contributed by atoms with van der Waals surface area (Å²) in [6.45, 7) is 9.71. The van der Waals surface area contributed by atoms with Gasteiger partial charge in [0.1, 0.15) is 5.52 Å². The molecule has 0 saturated heterocycles. The van der Waals surface area contributed by atoms with Crippen LogP contribution in [0.15, 0.2) is 42.4 Å². The number of alkyl halides is 3. The van der Waals surface area contributed by atoms with Crippen molar-refractivity contribution in [2.45, 2.75) is 18.8 Å². The van der Waals surface area contributed by atoms with E-state index in [4.69, 9.17) is 4.74 Å². The van der Waals surface area contributed by atoms with Gasteiger partial charge < -0.3 is 20.7 Å². The molecule has 1 atom stereocenters. The smallest absolute Gasteiger partial charge is 0.383 e. The highest BCUT2D eigenvalue weighted by Crippen LogP contribution is 2.49. The van der Waals surface area contributed by atoms with Gasteiger partial charge in [0, 0.05) is 24.6 Å². The lowest BCUT2D eigenvalue weighted by Gasteiger charge is -2.36. The highest BCUT2D eigenvalue weighted by atomic mass is 32.1. The molecule has 0 radical (unpaired) electrons. The SMILES string of the molecule is C=C(NC1(C(F)(F)F)C(=C)Nc2nc3c(C(C)=O)cccc3n21)c1csc(NCCOC)n1. The summed E-state index contributed by atoms with van der Waals surface area (Å²) >= 11 is 1.23. The molecule has 3 N–H and O–H groups in total. The average molecular weight is 479 g/mol. The highest BCUT2D eigenvalue weighted by Gasteiger charge is 2.63. The van der Waals surface area contributed by atoms with E-state index in [-0.39, 0.29) is 45.4 Å². The molecule has 4 rings (SSSR count). The molecule has 8 nitrogen and oxygen atoms in total. The number of hydrogen-bond donors (Lipinski definition) is 3. The minimum Gasteiger partial charge on any atom is -0.383 e. The van der Waals surface area contributed by atoms with E-state index < -0.39 is 11.8 Å². The third-order valence-corrected chi connectivity index (χ3v) is 6.04. The van der Waals surface area contributed by atoms with Gasteiger partial charge in [-0.25, -0.2) is 9.97 Å². The second kappa shape index (κ2) is 8.19. The first-order chi connectivity index (χ1) is 15.6. The van der Waals surface area contributed by atoms with Gasteiger partial charge >= 0.3 is 6.18 Å². The van der Waals surface area contributed by atoms with E-state index >= 15 is 0 Å². The Balaban J connectivity index is 1.78. The number of ketones is 1. The molecule has 0 aliphatic carbocycles. The van der Waals surface area contributed by atoms with Crippen molar-refractivity contribution < 1.29 is 22.7 Å². The number of ether oxygens (including phenoxy) is 1. The average Bonchev–Trinajstić information content (AvgIpc) is 3.41. The highest BCUT2D eigenvalue weighted by molar-refractivity contribution is 7.13. The molecule has 3 heterocycles. The number of hydrogen-bond acceptors (Lipinski definition) is 8. The quantitative estimate of drug-likeness (QED) is 0.331. The van der Waals surface area contributed by atoms with E-state index in [0.29, 0.717) is 18.3 Å². The normalized spacial score (nSPS) is 17.7. The number of fused-ring (bicyclic) bond motifs is 3. The van der Waals surface area contributed by atoms with E-state index in [1.54, 1.807) is 12.5 Å². The van der Waals surface area contributed by atoms with Crippen LogP contribution < -0.4 is 16.0 Å². The fourth-order valence-corrected chi connectivity index (χ4v) is 4.46. The Bertz CT molecular complexity index is 1260. The first-order valence-corrected chi connectivity index (χ1v) is 10.7. The molecular formula is C21H21F3N6O2S. The molecule has 0 spiro atoms. The van der Waals surface area contributed by atoms with Crippen LogP contribution in [0, 0.1) is 0 Å². The predicted molar refractivity (Wildman–Crippen MR) is 121 cm³/mol. The molecule has 33 heavy (non-hydrogen) atoms. The number of halogens is 3. The number of methoxy groups -OCH3 is 1.